The molecule has 2 N–H and O–H groups in total. The van der Waals surface area contributed by atoms with Gasteiger partial charge in [0.25, 0.3) is 5.91 Å². The lowest BCUT2D eigenvalue weighted by molar-refractivity contribution is 0.0796. The molecule has 1 amide bonds. The fraction of sp³-hybridized carbons (Fsp3) is 0.250. The molecule has 0 radical (unpaired) electrons. The van der Waals surface area contributed by atoms with Gasteiger partial charge in [-0.25, -0.2) is 0 Å². The number of aryl methyl sites for hydroxylation is 1. The SMILES string of the molecule is Cc1cccc2oc(C(=O)N[C@H]3c4ccccc4OC[C@H]3CO)cc12. The molecule has 0 aliphatic carbocycles. The van der Waals surface area contributed by atoms with Gasteiger partial charge in [-0.3, -0.25) is 4.79 Å². The van der Waals surface area contributed by atoms with Crippen molar-refractivity contribution in [2.75, 3.05) is 13.2 Å². The van der Waals surface area contributed by atoms with E-state index in [1.165, 1.54) is 0 Å². The fourth-order valence-corrected chi connectivity index (χ4v) is 3.30. The Morgan fingerprint density at radius 2 is 2.08 bits per heavy atom. The Morgan fingerprint density at radius 1 is 1.24 bits per heavy atom. The van der Waals surface area contributed by atoms with Crippen molar-refractivity contribution in [3.8, 4) is 5.75 Å². The van der Waals surface area contributed by atoms with Gasteiger partial charge in [0, 0.05) is 16.9 Å². The molecule has 0 bridgehead atoms. The number of hydrogen-bond donors (Lipinski definition) is 2. The van der Waals surface area contributed by atoms with Crippen molar-refractivity contribution >= 4 is 16.9 Å². The second kappa shape index (κ2) is 6.26. The maximum atomic E-state index is 12.7. The third-order valence-corrected chi connectivity index (χ3v) is 4.70. The molecule has 0 unspecified atom stereocenters. The summed E-state index contributed by atoms with van der Waals surface area (Å²) in [6.07, 6.45) is 0. The standard InChI is InChI=1S/C20H19NO4/c1-12-5-4-8-17-15(12)9-18(25-17)20(23)21-19-13(10-22)11-24-16-7-3-2-6-14(16)19/h2-9,13,19,22H,10-11H2,1H3,(H,21,23)/t13-,19-/m1/s1. The van der Waals surface area contributed by atoms with E-state index in [-0.39, 0.29) is 30.2 Å². The zero-order valence-electron chi connectivity index (χ0n) is 13.9. The predicted molar refractivity (Wildman–Crippen MR) is 93.7 cm³/mol. The number of aliphatic hydroxyl groups excluding tert-OH is 1. The van der Waals surface area contributed by atoms with E-state index in [9.17, 15) is 9.90 Å². The summed E-state index contributed by atoms with van der Waals surface area (Å²) < 4.78 is 11.4. The number of amides is 1. The minimum absolute atomic E-state index is 0.0709. The average Bonchev–Trinajstić information content (AvgIpc) is 3.08. The molecule has 128 valence electrons. The zero-order chi connectivity index (χ0) is 17.4. The summed E-state index contributed by atoms with van der Waals surface area (Å²) in [7, 11) is 0. The molecule has 1 aliphatic heterocycles. The molecule has 0 fully saturated rings. The third-order valence-electron chi connectivity index (χ3n) is 4.70. The molecular formula is C20H19NO4. The number of benzene rings is 2. The van der Waals surface area contributed by atoms with Crippen LogP contribution in [0.3, 0.4) is 0 Å². The number of carbonyl (C=O) groups excluding carboxylic acids is 1. The molecule has 5 nitrogen and oxygen atoms in total. The molecule has 2 aromatic carbocycles. The first kappa shape index (κ1) is 15.7. The number of ether oxygens (including phenoxy) is 1. The highest BCUT2D eigenvalue weighted by molar-refractivity contribution is 5.97. The van der Waals surface area contributed by atoms with E-state index in [0.717, 1.165) is 22.3 Å². The Bertz CT molecular complexity index is 930. The molecule has 1 aromatic heterocycles. The minimum atomic E-state index is -0.322. The number of nitrogens with one attached hydrogen (secondary N) is 1. The van der Waals surface area contributed by atoms with E-state index >= 15 is 0 Å². The lowest BCUT2D eigenvalue weighted by Crippen LogP contribution is -2.40. The summed E-state index contributed by atoms with van der Waals surface area (Å²) in [5, 5.41) is 13.6. The second-order valence-electron chi connectivity index (χ2n) is 6.34. The molecule has 0 saturated carbocycles. The van der Waals surface area contributed by atoms with Gasteiger partial charge in [-0.2, -0.15) is 0 Å². The number of rotatable bonds is 3. The van der Waals surface area contributed by atoms with Crippen LogP contribution in [0.2, 0.25) is 0 Å². The van der Waals surface area contributed by atoms with Crippen molar-refractivity contribution < 1.29 is 19.1 Å². The molecular weight excluding hydrogens is 318 g/mol. The van der Waals surface area contributed by atoms with Crippen LogP contribution in [0, 0.1) is 12.8 Å². The van der Waals surface area contributed by atoms with Crippen LogP contribution in [0.4, 0.5) is 0 Å². The van der Waals surface area contributed by atoms with Crippen molar-refractivity contribution in [1.29, 1.82) is 0 Å². The van der Waals surface area contributed by atoms with Gasteiger partial charge in [-0.1, -0.05) is 30.3 Å². The zero-order valence-corrected chi connectivity index (χ0v) is 13.9. The van der Waals surface area contributed by atoms with Gasteiger partial charge in [0.1, 0.15) is 11.3 Å². The van der Waals surface area contributed by atoms with Crippen LogP contribution in [0.15, 0.2) is 52.9 Å². The Hall–Kier alpha value is -2.79. The van der Waals surface area contributed by atoms with Crippen LogP contribution in [-0.4, -0.2) is 24.2 Å². The molecule has 0 spiro atoms. The van der Waals surface area contributed by atoms with Crippen LogP contribution >= 0.6 is 0 Å². The highest BCUT2D eigenvalue weighted by Gasteiger charge is 2.32. The Balaban J connectivity index is 1.65. The van der Waals surface area contributed by atoms with E-state index < -0.39 is 0 Å². The second-order valence-corrected chi connectivity index (χ2v) is 6.34. The number of para-hydroxylation sites is 1. The van der Waals surface area contributed by atoms with E-state index in [1.54, 1.807) is 6.07 Å². The van der Waals surface area contributed by atoms with Gasteiger partial charge >= 0.3 is 0 Å². The molecule has 3 aromatic rings. The van der Waals surface area contributed by atoms with E-state index in [0.29, 0.717) is 12.2 Å². The molecule has 1 aliphatic rings. The van der Waals surface area contributed by atoms with Crippen LogP contribution < -0.4 is 10.1 Å². The van der Waals surface area contributed by atoms with Gasteiger partial charge in [0.2, 0.25) is 0 Å². The summed E-state index contributed by atoms with van der Waals surface area (Å²) in [4.78, 5) is 12.7. The molecule has 2 atom stereocenters. The number of furan rings is 1. The molecule has 5 heteroatoms. The summed E-state index contributed by atoms with van der Waals surface area (Å²) in [5.41, 5.74) is 2.62. The Kier molecular flexibility index (Phi) is 3.93. The maximum absolute atomic E-state index is 12.7. The Labute approximate surface area is 145 Å². The maximum Gasteiger partial charge on any atom is 0.287 e. The highest BCUT2D eigenvalue weighted by Crippen LogP contribution is 2.35. The minimum Gasteiger partial charge on any atom is -0.493 e. The van der Waals surface area contributed by atoms with Gasteiger partial charge in [0.15, 0.2) is 5.76 Å². The fourth-order valence-electron chi connectivity index (χ4n) is 3.30. The quantitative estimate of drug-likeness (QED) is 0.770. The molecule has 2 heterocycles. The molecule has 4 rings (SSSR count). The van der Waals surface area contributed by atoms with E-state index in [4.69, 9.17) is 9.15 Å². The summed E-state index contributed by atoms with van der Waals surface area (Å²) in [6.45, 7) is 2.27. The first-order valence-electron chi connectivity index (χ1n) is 8.30. The largest absolute Gasteiger partial charge is 0.493 e. The van der Waals surface area contributed by atoms with Crippen LogP contribution in [-0.2, 0) is 0 Å². The number of fused-ring (bicyclic) bond motifs is 2. The highest BCUT2D eigenvalue weighted by atomic mass is 16.5. The monoisotopic (exact) mass is 337 g/mol. The van der Waals surface area contributed by atoms with Crippen molar-refractivity contribution in [1.82, 2.24) is 5.32 Å². The molecule has 0 saturated heterocycles. The van der Waals surface area contributed by atoms with Gasteiger partial charge in [0.05, 0.1) is 19.3 Å². The summed E-state index contributed by atoms with van der Waals surface area (Å²) in [5.74, 6) is 0.503. The van der Waals surface area contributed by atoms with Crippen LogP contribution in [0.25, 0.3) is 11.0 Å². The number of carbonyl (C=O) groups is 1. The van der Waals surface area contributed by atoms with Crippen LogP contribution in [0.5, 0.6) is 5.75 Å². The molecule has 25 heavy (non-hydrogen) atoms. The summed E-state index contributed by atoms with van der Waals surface area (Å²) >= 11 is 0. The number of aliphatic hydroxyl groups is 1. The predicted octanol–water partition coefficient (Wildman–Crippen LogP) is 3.21. The number of hydrogen-bond acceptors (Lipinski definition) is 4. The van der Waals surface area contributed by atoms with Crippen molar-refractivity contribution in [2.45, 2.75) is 13.0 Å². The first-order valence-corrected chi connectivity index (χ1v) is 8.30. The van der Waals surface area contributed by atoms with Crippen molar-refractivity contribution in [2.24, 2.45) is 5.92 Å². The van der Waals surface area contributed by atoms with Crippen molar-refractivity contribution in [3.05, 3.63) is 65.4 Å². The normalized spacial score (nSPS) is 19.3. The third kappa shape index (κ3) is 2.76. The lowest BCUT2D eigenvalue weighted by Gasteiger charge is -2.32. The van der Waals surface area contributed by atoms with E-state index in [2.05, 4.69) is 5.32 Å². The van der Waals surface area contributed by atoms with Gasteiger partial charge < -0.3 is 19.6 Å². The average molecular weight is 337 g/mol. The van der Waals surface area contributed by atoms with Gasteiger partial charge in [-0.15, -0.1) is 0 Å². The Morgan fingerprint density at radius 3 is 2.88 bits per heavy atom. The van der Waals surface area contributed by atoms with Crippen LogP contribution in [0.1, 0.15) is 27.7 Å². The first-order chi connectivity index (χ1) is 12.2. The van der Waals surface area contributed by atoms with Gasteiger partial charge in [-0.05, 0) is 30.7 Å². The van der Waals surface area contributed by atoms with E-state index in [1.807, 2.05) is 49.4 Å². The smallest absolute Gasteiger partial charge is 0.287 e. The summed E-state index contributed by atoms with van der Waals surface area (Å²) in [6, 6.07) is 14.7. The topological polar surface area (TPSA) is 71.7 Å². The van der Waals surface area contributed by atoms with Crippen molar-refractivity contribution in [3.63, 3.8) is 0 Å². The lowest BCUT2D eigenvalue weighted by atomic mass is 9.91.